The molecule has 0 aliphatic carbocycles. The van der Waals surface area contributed by atoms with Gasteiger partial charge >= 0.3 is 5.97 Å². The Hall–Kier alpha value is -2.69. The number of likely N-dealkylation sites (tertiary alicyclic amines) is 1. The van der Waals surface area contributed by atoms with Crippen LogP contribution in [0.1, 0.15) is 45.7 Å². The van der Waals surface area contributed by atoms with Crippen molar-refractivity contribution in [1.29, 1.82) is 0 Å². The van der Waals surface area contributed by atoms with Gasteiger partial charge in [0, 0.05) is 24.7 Å². The highest BCUT2D eigenvalue weighted by Gasteiger charge is 2.35. The van der Waals surface area contributed by atoms with E-state index in [1.54, 1.807) is 0 Å². The van der Waals surface area contributed by atoms with E-state index in [2.05, 4.69) is 24.0 Å². The Kier molecular flexibility index (Phi) is 4.10. The van der Waals surface area contributed by atoms with Gasteiger partial charge in [0.2, 0.25) is 0 Å². The molecule has 1 aliphatic heterocycles. The van der Waals surface area contributed by atoms with Crippen LogP contribution in [-0.2, 0) is 0 Å². The molecule has 1 saturated heterocycles. The third-order valence-electron chi connectivity index (χ3n) is 4.47. The van der Waals surface area contributed by atoms with Crippen molar-refractivity contribution in [2.75, 3.05) is 6.54 Å². The zero-order valence-electron chi connectivity index (χ0n) is 12.8. The van der Waals surface area contributed by atoms with E-state index in [9.17, 15) is 9.59 Å². The average Bonchev–Trinajstić information content (AvgIpc) is 2.96. The minimum atomic E-state index is -1.09. The molecule has 23 heavy (non-hydrogen) atoms. The fraction of sp³-hybridized carbons (Fsp3) is 0.278. The van der Waals surface area contributed by atoms with Gasteiger partial charge in [-0.2, -0.15) is 0 Å². The van der Waals surface area contributed by atoms with Gasteiger partial charge in [-0.25, -0.2) is 9.78 Å². The lowest BCUT2D eigenvalue weighted by Gasteiger charge is -2.25. The lowest BCUT2D eigenvalue weighted by Crippen LogP contribution is -2.35. The van der Waals surface area contributed by atoms with Gasteiger partial charge in [-0.1, -0.05) is 30.3 Å². The third-order valence-corrected chi connectivity index (χ3v) is 4.47. The Morgan fingerprint density at radius 2 is 1.91 bits per heavy atom. The molecular weight excluding hydrogens is 292 g/mol. The van der Waals surface area contributed by atoms with Crippen LogP contribution < -0.4 is 0 Å². The van der Waals surface area contributed by atoms with Crippen molar-refractivity contribution in [2.24, 2.45) is 0 Å². The Bertz CT molecular complexity index is 713. The normalized spacial score (nSPS) is 20.5. The van der Waals surface area contributed by atoms with Gasteiger partial charge in [-0.15, -0.1) is 0 Å². The summed E-state index contributed by atoms with van der Waals surface area (Å²) in [4.78, 5) is 29.2. The van der Waals surface area contributed by atoms with Crippen molar-refractivity contribution in [1.82, 2.24) is 9.88 Å². The summed E-state index contributed by atoms with van der Waals surface area (Å²) in [5.74, 6) is -0.866. The Morgan fingerprint density at radius 1 is 1.17 bits per heavy atom. The number of pyridine rings is 1. The number of carbonyl (C=O) groups is 2. The number of aromatic carboxylic acids is 1. The summed E-state index contributed by atoms with van der Waals surface area (Å²) in [6, 6.07) is 13.2. The maximum absolute atomic E-state index is 12.7. The van der Waals surface area contributed by atoms with Gasteiger partial charge in [0.25, 0.3) is 5.91 Å². The second kappa shape index (κ2) is 6.20. The summed E-state index contributed by atoms with van der Waals surface area (Å²) in [6.45, 7) is 2.75. The fourth-order valence-electron chi connectivity index (χ4n) is 3.18. The largest absolute Gasteiger partial charge is 0.477 e. The number of nitrogens with zero attached hydrogens (tertiary/aromatic N) is 2. The number of hydrogen-bond donors (Lipinski definition) is 1. The molecule has 0 spiro atoms. The van der Waals surface area contributed by atoms with E-state index < -0.39 is 5.97 Å². The zero-order valence-corrected chi connectivity index (χ0v) is 12.8. The number of amides is 1. The van der Waals surface area contributed by atoms with Crippen LogP contribution in [0.5, 0.6) is 0 Å². The Morgan fingerprint density at radius 3 is 2.52 bits per heavy atom. The fourth-order valence-corrected chi connectivity index (χ4v) is 3.18. The number of carboxylic acid groups (broad SMARTS) is 1. The van der Waals surface area contributed by atoms with E-state index in [0.29, 0.717) is 18.0 Å². The molecule has 0 bridgehead atoms. The molecule has 1 fully saturated rings. The molecule has 2 aromatic rings. The molecule has 0 radical (unpaired) electrons. The van der Waals surface area contributed by atoms with Crippen molar-refractivity contribution < 1.29 is 14.7 Å². The van der Waals surface area contributed by atoms with Crippen LogP contribution in [0.3, 0.4) is 0 Å². The first kappa shape index (κ1) is 15.2. The lowest BCUT2D eigenvalue weighted by molar-refractivity contribution is 0.0686. The van der Waals surface area contributed by atoms with Crippen LogP contribution in [0, 0.1) is 0 Å². The lowest BCUT2D eigenvalue weighted by atomic mass is 9.93. The summed E-state index contributed by atoms with van der Waals surface area (Å²) in [6.07, 6.45) is 2.27. The van der Waals surface area contributed by atoms with Crippen molar-refractivity contribution in [3.05, 3.63) is 65.5 Å². The first-order valence-corrected chi connectivity index (χ1v) is 7.63. The Labute approximate surface area is 134 Å². The standard InChI is InChI=1S/C18H18N2O3/c1-12-15(13-5-3-2-4-6-13)9-10-20(12)17(21)14-7-8-16(18(22)23)19-11-14/h2-8,11-12,15H,9-10H2,1H3,(H,22,23)/t12-,15-/m0/s1. The summed E-state index contributed by atoms with van der Waals surface area (Å²) >= 11 is 0. The molecule has 1 N–H and O–H groups in total. The summed E-state index contributed by atoms with van der Waals surface area (Å²) in [7, 11) is 0. The van der Waals surface area contributed by atoms with Gasteiger partial charge in [0.05, 0.1) is 5.56 Å². The van der Waals surface area contributed by atoms with Gasteiger partial charge in [0.1, 0.15) is 5.69 Å². The minimum absolute atomic E-state index is 0.0572. The molecule has 5 heteroatoms. The summed E-state index contributed by atoms with van der Waals surface area (Å²) in [5.41, 5.74) is 1.61. The van der Waals surface area contributed by atoms with E-state index in [1.807, 2.05) is 23.1 Å². The highest BCUT2D eigenvalue weighted by atomic mass is 16.4. The van der Waals surface area contributed by atoms with Crippen molar-refractivity contribution in [3.63, 3.8) is 0 Å². The van der Waals surface area contributed by atoms with Crippen LogP contribution in [0.15, 0.2) is 48.7 Å². The van der Waals surface area contributed by atoms with E-state index in [1.165, 1.54) is 23.9 Å². The van der Waals surface area contributed by atoms with Crippen LogP contribution >= 0.6 is 0 Å². The molecule has 0 unspecified atom stereocenters. The van der Waals surface area contributed by atoms with Gasteiger partial charge in [-0.3, -0.25) is 4.79 Å². The molecule has 3 rings (SSSR count). The number of rotatable bonds is 3. The monoisotopic (exact) mass is 310 g/mol. The SMILES string of the molecule is C[C@H]1[C@@H](c2ccccc2)CCN1C(=O)c1ccc(C(=O)O)nc1. The Balaban J connectivity index is 1.77. The van der Waals surface area contributed by atoms with E-state index in [4.69, 9.17) is 5.11 Å². The van der Waals surface area contributed by atoms with E-state index >= 15 is 0 Å². The van der Waals surface area contributed by atoms with Crippen LogP contribution in [-0.4, -0.2) is 39.5 Å². The molecule has 2 atom stereocenters. The predicted octanol–water partition coefficient (Wildman–Crippen LogP) is 2.80. The molecule has 2 heterocycles. The van der Waals surface area contributed by atoms with Crippen molar-refractivity contribution in [2.45, 2.75) is 25.3 Å². The smallest absolute Gasteiger partial charge is 0.354 e. The number of carboxylic acids is 1. The average molecular weight is 310 g/mol. The number of benzene rings is 1. The highest BCUT2D eigenvalue weighted by molar-refractivity contribution is 5.95. The molecule has 5 nitrogen and oxygen atoms in total. The highest BCUT2D eigenvalue weighted by Crippen LogP contribution is 2.33. The second-order valence-electron chi connectivity index (χ2n) is 5.78. The molecular formula is C18H18N2O3. The van der Waals surface area contributed by atoms with Crippen molar-refractivity contribution in [3.8, 4) is 0 Å². The van der Waals surface area contributed by atoms with Crippen molar-refractivity contribution >= 4 is 11.9 Å². The van der Waals surface area contributed by atoms with E-state index in [0.717, 1.165) is 6.42 Å². The van der Waals surface area contributed by atoms with Gasteiger partial charge in [0.15, 0.2) is 0 Å². The maximum Gasteiger partial charge on any atom is 0.354 e. The van der Waals surface area contributed by atoms with Gasteiger partial charge in [-0.05, 0) is 31.0 Å². The minimum Gasteiger partial charge on any atom is -0.477 e. The maximum atomic E-state index is 12.7. The molecule has 1 aliphatic rings. The number of hydrogen-bond acceptors (Lipinski definition) is 3. The van der Waals surface area contributed by atoms with Crippen LogP contribution in [0.25, 0.3) is 0 Å². The summed E-state index contributed by atoms with van der Waals surface area (Å²) < 4.78 is 0. The quantitative estimate of drug-likeness (QED) is 0.946. The summed E-state index contributed by atoms with van der Waals surface area (Å²) in [5, 5.41) is 8.87. The topological polar surface area (TPSA) is 70.5 Å². The molecule has 118 valence electrons. The van der Waals surface area contributed by atoms with Crippen LogP contribution in [0.2, 0.25) is 0 Å². The third kappa shape index (κ3) is 2.95. The number of carbonyl (C=O) groups excluding carboxylic acids is 1. The molecule has 1 amide bonds. The van der Waals surface area contributed by atoms with E-state index in [-0.39, 0.29) is 17.6 Å². The first-order valence-electron chi connectivity index (χ1n) is 7.63. The predicted molar refractivity (Wildman–Crippen MR) is 85.5 cm³/mol. The first-order chi connectivity index (χ1) is 11.1. The molecule has 1 aromatic carbocycles. The zero-order chi connectivity index (χ0) is 16.4. The van der Waals surface area contributed by atoms with Crippen LogP contribution in [0.4, 0.5) is 0 Å². The molecule has 1 aromatic heterocycles. The van der Waals surface area contributed by atoms with Gasteiger partial charge < -0.3 is 10.0 Å². The second-order valence-corrected chi connectivity index (χ2v) is 5.78. The molecule has 0 saturated carbocycles. The number of aromatic nitrogens is 1.